The lowest BCUT2D eigenvalue weighted by Crippen LogP contribution is -2.31. The van der Waals surface area contributed by atoms with Gasteiger partial charge in [-0.1, -0.05) is 24.3 Å². The van der Waals surface area contributed by atoms with Gasteiger partial charge in [0.15, 0.2) is 0 Å². The van der Waals surface area contributed by atoms with E-state index in [2.05, 4.69) is 36.5 Å². The van der Waals surface area contributed by atoms with Crippen molar-refractivity contribution in [2.75, 3.05) is 26.7 Å². The Morgan fingerprint density at radius 2 is 2.00 bits per heavy atom. The lowest BCUT2D eigenvalue weighted by atomic mass is 9.93. The predicted molar refractivity (Wildman–Crippen MR) is 87.3 cm³/mol. The lowest BCUT2D eigenvalue weighted by molar-refractivity contribution is -0.130. The third-order valence-electron chi connectivity index (χ3n) is 4.63. The zero-order chi connectivity index (χ0) is 15.1. The van der Waals surface area contributed by atoms with E-state index in [9.17, 15) is 4.79 Å². The lowest BCUT2D eigenvalue weighted by Gasteiger charge is -2.23. The number of piperidine rings is 1. The van der Waals surface area contributed by atoms with Crippen LogP contribution in [0.4, 0.5) is 0 Å². The molecule has 1 amide bonds. The van der Waals surface area contributed by atoms with Crippen molar-refractivity contribution in [3.05, 3.63) is 35.4 Å². The van der Waals surface area contributed by atoms with Crippen LogP contribution >= 0.6 is 0 Å². The Balaban J connectivity index is 1.71. The second-order valence-electron chi connectivity index (χ2n) is 6.22. The Morgan fingerprint density at radius 1 is 1.29 bits per heavy atom. The van der Waals surface area contributed by atoms with Crippen LogP contribution in [-0.2, 0) is 11.2 Å². The summed E-state index contributed by atoms with van der Waals surface area (Å²) in [6.07, 6.45) is 5.15. The number of hydrogen-bond donors (Lipinski definition) is 1. The third-order valence-corrected chi connectivity index (χ3v) is 4.63. The molecule has 116 valence electrons. The molecule has 0 radical (unpaired) electrons. The molecule has 3 nitrogen and oxygen atoms in total. The summed E-state index contributed by atoms with van der Waals surface area (Å²) in [6, 6.07) is 8.42. The Morgan fingerprint density at radius 3 is 2.71 bits per heavy atom. The Bertz CT molecular complexity index is 452. The fourth-order valence-electron chi connectivity index (χ4n) is 2.99. The highest BCUT2D eigenvalue weighted by Crippen LogP contribution is 2.18. The Kier molecular flexibility index (Phi) is 6.24. The smallest absolute Gasteiger partial charge is 0.222 e. The van der Waals surface area contributed by atoms with E-state index >= 15 is 0 Å². The molecule has 1 fully saturated rings. The Labute approximate surface area is 128 Å². The number of benzene rings is 1. The topological polar surface area (TPSA) is 32.3 Å². The first-order valence-corrected chi connectivity index (χ1v) is 8.16. The van der Waals surface area contributed by atoms with E-state index in [4.69, 9.17) is 0 Å². The van der Waals surface area contributed by atoms with Gasteiger partial charge in [-0.2, -0.15) is 0 Å². The van der Waals surface area contributed by atoms with Gasteiger partial charge in [0, 0.05) is 20.0 Å². The monoisotopic (exact) mass is 288 g/mol. The summed E-state index contributed by atoms with van der Waals surface area (Å²) in [4.78, 5) is 14.1. The maximum absolute atomic E-state index is 12.2. The molecule has 0 aliphatic carbocycles. The molecular formula is C18H28N2O. The first-order valence-electron chi connectivity index (χ1n) is 8.16. The van der Waals surface area contributed by atoms with E-state index in [1.54, 1.807) is 0 Å². The second-order valence-corrected chi connectivity index (χ2v) is 6.22. The van der Waals surface area contributed by atoms with Gasteiger partial charge < -0.3 is 10.2 Å². The van der Waals surface area contributed by atoms with Crippen molar-refractivity contribution in [1.29, 1.82) is 0 Å². The number of carbonyl (C=O) groups excluding carboxylic acids is 1. The maximum Gasteiger partial charge on any atom is 0.222 e. The van der Waals surface area contributed by atoms with Crippen LogP contribution in [0, 0.1) is 12.8 Å². The van der Waals surface area contributed by atoms with Gasteiger partial charge in [0.05, 0.1) is 0 Å². The first kappa shape index (κ1) is 16.0. The van der Waals surface area contributed by atoms with Crippen LogP contribution in [0.15, 0.2) is 24.3 Å². The minimum absolute atomic E-state index is 0.294. The van der Waals surface area contributed by atoms with Crippen LogP contribution in [0.2, 0.25) is 0 Å². The molecule has 0 atom stereocenters. The van der Waals surface area contributed by atoms with Crippen molar-refractivity contribution in [1.82, 2.24) is 10.2 Å². The number of nitrogens with zero attached hydrogens (tertiary/aromatic N) is 1. The quantitative estimate of drug-likeness (QED) is 0.873. The van der Waals surface area contributed by atoms with Gasteiger partial charge in [0.2, 0.25) is 5.91 Å². The number of amides is 1. The summed E-state index contributed by atoms with van der Waals surface area (Å²) in [5.74, 6) is 1.03. The average molecular weight is 288 g/mol. The molecular weight excluding hydrogens is 260 g/mol. The Hall–Kier alpha value is -1.35. The molecule has 0 aromatic heterocycles. The molecule has 0 spiro atoms. The van der Waals surface area contributed by atoms with Gasteiger partial charge in [-0.3, -0.25) is 4.79 Å². The third kappa shape index (κ3) is 5.16. The number of nitrogens with one attached hydrogen (secondary N) is 1. The molecule has 1 aliphatic rings. The summed E-state index contributed by atoms with van der Waals surface area (Å²) < 4.78 is 0. The van der Waals surface area contributed by atoms with Gasteiger partial charge >= 0.3 is 0 Å². The zero-order valence-corrected chi connectivity index (χ0v) is 13.4. The van der Waals surface area contributed by atoms with Gasteiger partial charge in [-0.15, -0.1) is 0 Å². The molecule has 0 saturated carbocycles. The van der Waals surface area contributed by atoms with Crippen molar-refractivity contribution < 1.29 is 4.79 Å². The van der Waals surface area contributed by atoms with Gasteiger partial charge in [-0.05, 0) is 62.7 Å². The molecule has 1 aliphatic heterocycles. The van der Waals surface area contributed by atoms with Gasteiger partial charge in [0.1, 0.15) is 0 Å². The highest BCUT2D eigenvalue weighted by atomic mass is 16.2. The summed E-state index contributed by atoms with van der Waals surface area (Å²) >= 11 is 0. The zero-order valence-electron chi connectivity index (χ0n) is 13.4. The predicted octanol–water partition coefficient (Wildman–Crippen LogP) is 2.78. The van der Waals surface area contributed by atoms with Crippen LogP contribution in [0.1, 0.15) is 36.8 Å². The van der Waals surface area contributed by atoms with Crippen molar-refractivity contribution in [2.45, 2.75) is 39.0 Å². The molecule has 1 heterocycles. The highest BCUT2D eigenvalue weighted by molar-refractivity contribution is 5.75. The van der Waals surface area contributed by atoms with Gasteiger partial charge in [0.25, 0.3) is 0 Å². The van der Waals surface area contributed by atoms with Crippen molar-refractivity contribution >= 4 is 5.91 Å². The highest BCUT2D eigenvalue weighted by Gasteiger charge is 2.16. The van der Waals surface area contributed by atoms with E-state index in [0.717, 1.165) is 38.4 Å². The average Bonchev–Trinajstić information content (AvgIpc) is 2.52. The number of likely N-dealkylation sites (N-methyl/N-ethyl adjacent to an activating group) is 1. The second kappa shape index (κ2) is 8.18. The molecule has 1 aromatic rings. The fraction of sp³-hybridized carbons (Fsp3) is 0.611. The molecule has 0 unspecified atom stereocenters. The number of carbonyl (C=O) groups is 1. The maximum atomic E-state index is 12.2. The van der Waals surface area contributed by atoms with E-state index in [0.29, 0.717) is 12.3 Å². The summed E-state index contributed by atoms with van der Waals surface area (Å²) in [5.41, 5.74) is 2.66. The SMILES string of the molecule is Cc1ccccc1CCN(C)C(=O)CCC1CCNCC1. The van der Waals surface area contributed by atoms with Crippen LogP contribution in [-0.4, -0.2) is 37.5 Å². The largest absolute Gasteiger partial charge is 0.345 e. The van der Waals surface area contributed by atoms with Crippen molar-refractivity contribution in [3.63, 3.8) is 0 Å². The number of rotatable bonds is 6. The molecule has 1 saturated heterocycles. The molecule has 3 heteroatoms. The van der Waals surface area contributed by atoms with E-state index in [1.807, 2.05) is 11.9 Å². The molecule has 1 aromatic carbocycles. The van der Waals surface area contributed by atoms with E-state index < -0.39 is 0 Å². The van der Waals surface area contributed by atoms with Crippen LogP contribution in [0.3, 0.4) is 0 Å². The van der Waals surface area contributed by atoms with E-state index in [1.165, 1.54) is 24.0 Å². The summed E-state index contributed by atoms with van der Waals surface area (Å²) in [7, 11) is 1.93. The first-order chi connectivity index (χ1) is 10.2. The van der Waals surface area contributed by atoms with Crippen molar-refractivity contribution in [3.8, 4) is 0 Å². The summed E-state index contributed by atoms with van der Waals surface area (Å²) in [5, 5.41) is 3.37. The van der Waals surface area contributed by atoms with Crippen LogP contribution in [0.5, 0.6) is 0 Å². The standard InChI is InChI=1S/C18H28N2O/c1-15-5-3-4-6-17(15)11-14-20(2)18(21)8-7-16-9-12-19-13-10-16/h3-6,16,19H,7-14H2,1-2H3. The normalized spacial score (nSPS) is 15.9. The minimum atomic E-state index is 0.294. The van der Waals surface area contributed by atoms with Gasteiger partial charge in [-0.25, -0.2) is 0 Å². The van der Waals surface area contributed by atoms with Crippen LogP contribution < -0.4 is 5.32 Å². The molecule has 2 rings (SSSR count). The minimum Gasteiger partial charge on any atom is -0.345 e. The van der Waals surface area contributed by atoms with Crippen LogP contribution in [0.25, 0.3) is 0 Å². The number of hydrogen-bond acceptors (Lipinski definition) is 2. The van der Waals surface area contributed by atoms with E-state index in [-0.39, 0.29) is 0 Å². The fourth-order valence-corrected chi connectivity index (χ4v) is 2.99. The van der Waals surface area contributed by atoms with Crippen molar-refractivity contribution in [2.24, 2.45) is 5.92 Å². The molecule has 21 heavy (non-hydrogen) atoms. The molecule has 1 N–H and O–H groups in total. The summed E-state index contributed by atoms with van der Waals surface area (Å²) in [6.45, 7) is 5.17. The number of aryl methyl sites for hydroxylation is 1. The molecule has 0 bridgehead atoms.